The van der Waals surface area contributed by atoms with Gasteiger partial charge >= 0.3 is 0 Å². The minimum atomic E-state index is -0.824. The minimum Gasteiger partial charge on any atom is -0.457 e. The van der Waals surface area contributed by atoms with E-state index in [0.717, 1.165) is 95.4 Å². The van der Waals surface area contributed by atoms with Gasteiger partial charge in [-0.25, -0.2) is 0 Å². The van der Waals surface area contributed by atoms with Crippen LogP contribution in [0.3, 0.4) is 0 Å². The maximum absolute atomic E-state index is 7.37. The summed E-state index contributed by atoms with van der Waals surface area (Å²) in [4.78, 5) is 4.89. The molecule has 0 saturated heterocycles. The maximum Gasteiger partial charge on any atom is 0.145 e. The Morgan fingerprint density at radius 1 is 0.419 bits per heavy atom. The van der Waals surface area contributed by atoms with Crippen molar-refractivity contribution in [1.29, 1.82) is 0 Å². The van der Waals surface area contributed by atoms with Crippen LogP contribution in [0.2, 0.25) is 0 Å². The molecule has 1 aliphatic carbocycles. The molecule has 1 aliphatic heterocycles. The molecule has 9 aromatic carbocycles. The van der Waals surface area contributed by atoms with Crippen molar-refractivity contribution < 1.29 is 9.15 Å². The van der Waals surface area contributed by atoms with Crippen molar-refractivity contribution in [2.45, 2.75) is 104 Å². The van der Waals surface area contributed by atoms with Gasteiger partial charge in [-0.15, -0.1) is 0 Å². The Morgan fingerprint density at radius 3 is 1.36 bits per heavy atom. The number of hydrogen-bond donors (Lipinski definition) is 0. The summed E-state index contributed by atoms with van der Waals surface area (Å²) in [5.74, 6) is 2.10. The normalized spacial score (nSPS) is 13.7. The van der Waals surface area contributed by atoms with Gasteiger partial charge in [-0.3, -0.25) is 0 Å². The van der Waals surface area contributed by atoms with Gasteiger partial charge in [0.1, 0.15) is 22.7 Å². The van der Waals surface area contributed by atoms with Crippen LogP contribution in [0.5, 0.6) is 11.5 Å². The zero-order valence-corrected chi connectivity index (χ0v) is 44.8. The molecule has 2 aliphatic rings. The predicted octanol–water partition coefficient (Wildman–Crippen LogP) is 20.0. The lowest BCUT2D eigenvalue weighted by atomic mass is 9.66. The fraction of sp³-hybridized carbons (Fsp3) is 0.229. The van der Waals surface area contributed by atoms with Gasteiger partial charge in [-0.05, 0) is 146 Å². The highest BCUT2D eigenvalue weighted by Crippen LogP contribution is 2.65. The van der Waals surface area contributed by atoms with Crippen molar-refractivity contribution >= 4 is 56.1 Å². The summed E-state index contributed by atoms with van der Waals surface area (Å²) in [5, 5.41) is 2.15. The number of ether oxygens (including phenoxy) is 1. The Kier molecular flexibility index (Phi) is 10.9. The number of anilines is 6. The Balaban J connectivity index is 1.19. The van der Waals surface area contributed by atoms with Gasteiger partial charge < -0.3 is 19.0 Å². The second-order valence-electron chi connectivity index (χ2n) is 24.0. The first-order valence-corrected chi connectivity index (χ1v) is 26.4. The number of rotatable bonds is 7. The lowest BCUT2D eigenvalue weighted by molar-refractivity contribution is 0.436. The second kappa shape index (κ2) is 17.1. The standard InChI is InChI=1S/C70H66N2O2/c1-44(2)45-24-32-49(33-25-45)71(50-34-26-46(27-35-50)67(3,4)5)53-40-41-54-58(42-53)70(56-19-13-16-22-62(56)73-63-23-17-14-20-57(63)70)59-43-60(65-55-18-12-15-21-61(55)74-66(65)64(54)59)72(51-36-28-47(29-37-51)68(6,7)8)52-38-30-48(31-39-52)69(9,10)11/h12-44H,1-11H3. The van der Waals surface area contributed by atoms with E-state index in [-0.39, 0.29) is 16.2 Å². The van der Waals surface area contributed by atoms with Crippen LogP contribution < -0.4 is 14.5 Å². The number of para-hydroxylation sites is 3. The van der Waals surface area contributed by atoms with Crippen LogP contribution in [-0.4, -0.2) is 0 Å². The fourth-order valence-electron chi connectivity index (χ4n) is 11.8. The molecule has 0 radical (unpaired) electrons. The van der Waals surface area contributed by atoms with E-state index < -0.39 is 5.41 Å². The monoisotopic (exact) mass is 967 g/mol. The molecule has 4 nitrogen and oxygen atoms in total. The summed E-state index contributed by atoms with van der Waals surface area (Å²) in [7, 11) is 0. The molecule has 1 spiro atoms. The summed E-state index contributed by atoms with van der Waals surface area (Å²) in [6.45, 7) is 25.0. The Labute approximate surface area is 437 Å². The van der Waals surface area contributed by atoms with E-state index in [9.17, 15) is 0 Å². The highest BCUT2D eigenvalue weighted by atomic mass is 16.5. The zero-order valence-electron chi connectivity index (χ0n) is 44.8. The largest absolute Gasteiger partial charge is 0.457 e. The van der Waals surface area contributed by atoms with Gasteiger partial charge in [-0.2, -0.15) is 0 Å². The van der Waals surface area contributed by atoms with E-state index in [0.29, 0.717) is 5.92 Å². The molecule has 368 valence electrons. The Bertz CT molecular complexity index is 3660. The highest BCUT2D eigenvalue weighted by molar-refractivity contribution is 6.19. The molecule has 4 heteroatoms. The third kappa shape index (κ3) is 7.55. The first kappa shape index (κ1) is 47.2. The van der Waals surface area contributed by atoms with Crippen LogP contribution in [0, 0.1) is 0 Å². The lowest BCUT2D eigenvalue weighted by Gasteiger charge is -2.40. The lowest BCUT2D eigenvalue weighted by Crippen LogP contribution is -2.32. The quantitative estimate of drug-likeness (QED) is 0.159. The fourth-order valence-corrected chi connectivity index (χ4v) is 11.8. The van der Waals surface area contributed by atoms with Gasteiger partial charge in [0, 0.05) is 50.5 Å². The number of fused-ring (bicyclic) bond motifs is 13. The van der Waals surface area contributed by atoms with Gasteiger partial charge in [0.05, 0.1) is 16.5 Å². The molecule has 0 N–H and O–H groups in total. The van der Waals surface area contributed by atoms with Crippen molar-refractivity contribution in [3.8, 4) is 22.6 Å². The van der Waals surface area contributed by atoms with Crippen LogP contribution in [-0.2, 0) is 21.7 Å². The van der Waals surface area contributed by atoms with Gasteiger partial charge in [-0.1, -0.05) is 185 Å². The summed E-state index contributed by atoms with van der Waals surface area (Å²) in [6.07, 6.45) is 0. The SMILES string of the molecule is CC(C)c1ccc(N(c2ccc(C(C)(C)C)cc2)c2ccc3c(c2)C2(c4ccccc4Oc4ccccc42)c2cc(N(c4ccc(C(C)(C)C)cc4)c4ccc(C(C)(C)C)cc4)c4c(oc5ccccc54)c2-3)cc1. The smallest absolute Gasteiger partial charge is 0.145 e. The van der Waals surface area contributed by atoms with E-state index in [1.165, 1.54) is 27.8 Å². The molecule has 74 heavy (non-hydrogen) atoms. The van der Waals surface area contributed by atoms with Crippen molar-refractivity contribution in [2.75, 3.05) is 9.80 Å². The maximum atomic E-state index is 7.37. The Hall–Kier alpha value is -7.82. The molecular weight excluding hydrogens is 901 g/mol. The van der Waals surface area contributed by atoms with Gasteiger partial charge in [0.2, 0.25) is 0 Å². The predicted molar refractivity (Wildman–Crippen MR) is 311 cm³/mol. The third-order valence-corrected chi connectivity index (χ3v) is 15.8. The highest BCUT2D eigenvalue weighted by Gasteiger charge is 2.53. The molecule has 0 fully saturated rings. The van der Waals surface area contributed by atoms with Crippen LogP contribution >= 0.6 is 0 Å². The molecule has 12 rings (SSSR count). The van der Waals surface area contributed by atoms with Gasteiger partial charge in [0.25, 0.3) is 0 Å². The average molecular weight is 967 g/mol. The van der Waals surface area contributed by atoms with Crippen molar-refractivity contribution in [1.82, 2.24) is 0 Å². The van der Waals surface area contributed by atoms with Gasteiger partial charge in [0.15, 0.2) is 0 Å². The first-order chi connectivity index (χ1) is 35.4. The summed E-state index contributed by atoms with van der Waals surface area (Å²) in [6, 6.07) is 72.2. The zero-order chi connectivity index (χ0) is 51.5. The molecule has 0 unspecified atom stereocenters. The van der Waals surface area contributed by atoms with E-state index in [1.807, 2.05) is 0 Å². The summed E-state index contributed by atoms with van der Waals surface area (Å²) < 4.78 is 14.3. The third-order valence-electron chi connectivity index (χ3n) is 15.8. The number of nitrogens with zero attached hydrogens (tertiary/aromatic N) is 2. The summed E-state index contributed by atoms with van der Waals surface area (Å²) >= 11 is 0. The van der Waals surface area contributed by atoms with Crippen LogP contribution in [0.25, 0.3) is 33.1 Å². The molecular formula is C70H66N2O2. The van der Waals surface area contributed by atoms with Crippen LogP contribution in [0.4, 0.5) is 34.1 Å². The van der Waals surface area contributed by atoms with E-state index in [2.05, 4.69) is 280 Å². The minimum absolute atomic E-state index is 0.0108. The number of hydrogen-bond acceptors (Lipinski definition) is 4. The van der Waals surface area contributed by atoms with E-state index >= 15 is 0 Å². The van der Waals surface area contributed by atoms with Crippen molar-refractivity contribution in [2.24, 2.45) is 0 Å². The second-order valence-corrected chi connectivity index (χ2v) is 24.0. The molecule has 10 aromatic rings. The number of benzene rings is 9. The number of furan rings is 1. The van der Waals surface area contributed by atoms with Crippen LogP contribution in [0.1, 0.15) is 127 Å². The molecule has 0 atom stereocenters. The topological polar surface area (TPSA) is 28.9 Å². The molecule has 2 heterocycles. The first-order valence-electron chi connectivity index (χ1n) is 26.4. The van der Waals surface area contributed by atoms with Crippen molar-refractivity contribution in [3.05, 3.63) is 239 Å². The van der Waals surface area contributed by atoms with Crippen LogP contribution in [0.15, 0.2) is 199 Å². The molecule has 1 aromatic heterocycles. The molecule has 0 bridgehead atoms. The molecule has 0 amide bonds. The summed E-state index contributed by atoms with van der Waals surface area (Å²) in [5.41, 5.74) is 19.3. The average Bonchev–Trinajstić information content (AvgIpc) is 3.97. The van der Waals surface area contributed by atoms with E-state index in [4.69, 9.17) is 9.15 Å². The van der Waals surface area contributed by atoms with Crippen molar-refractivity contribution in [3.63, 3.8) is 0 Å². The Morgan fingerprint density at radius 2 is 0.865 bits per heavy atom. The molecule has 0 saturated carbocycles. The van der Waals surface area contributed by atoms with E-state index in [1.54, 1.807) is 0 Å².